The highest BCUT2D eigenvalue weighted by molar-refractivity contribution is 7.99. The van der Waals surface area contributed by atoms with Crippen LogP contribution in [0.15, 0.2) is 41.2 Å². The summed E-state index contributed by atoms with van der Waals surface area (Å²) in [6, 6.07) is 6.30. The maximum atomic E-state index is 11.8. The number of nitrogens with one attached hydrogen (secondary N) is 1. The van der Waals surface area contributed by atoms with Crippen LogP contribution in [-0.2, 0) is 17.1 Å². The first-order valence-corrected chi connectivity index (χ1v) is 12.7. The summed E-state index contributed by atoms with van der Waals surface area (Å²) >= 11 is 5.14. The predicted molar refractivity (Wildman–Crippen MR) is 121 cm³/mol. The molecule has 1 amide bonds. The average molecular weight is 437 g/mol. The Morgan fingerprint density at radius 2 is 2.14 bits per heavy atom. The zero-order valence-corrected chi connectivity index (χ0v) is 18.6. The van der Waals surface area contributed by atoms with E-state index < -0.39 is 0 Å². The van der Waals surface area contributed by atoms with Gasteiger partial charge in [-0.3, -0.25) is 9.69 Å². The molecule has 0 unspecified atom stereocenters. The summed E-state index contributed by atoms with van der Waals surface area (Å²) in [6.07, 6.45) is 8.47. The molecule has 1 N–H and O–H groups in total. The monoisotopic (exact) mass is 436 g/mol. The summed E-state index contributed by atoms with van der Waals surface area (Å²) in [5, 5.41) is 6.97. The third-order valence-electron chi connectivity index (χ3n) is 4.43. The van der Waals surface area contributed by atoms with E-state index in [0.717, 1.165) is 24.5 Å². The first-order chi connectivity index (χ1) is 13.8. The maximum Gasteiger partial charge on any atom is 0.233 e. The van der Waals surface area contributed by atoms with Crippen molar-refractivity contribution in [1.29, 1.82) is 0 Å². The van der Waals surface area contributed by atoms with Crippen LogP contribution >= 0.6 is 34.4 Å². The van der Waals surface area contributed by atoms with Gasteiger partial charge in [0, 0.05) is 33.9 Å². The number of thiophene rings is 2. The number of likely N-dealkylation sites (tertiary alicyclic amines) is 1. The molecule has 0 radical (unpaired) electrons. The molecule has 0 aromatic carbocycles. The van der Waals surface area contributed by atoms with Crippen molar-refractivity contribution in [3.63, 3.8) is 0 Å². The lowest BCUT2D eigenvalue weighted by Gasteiger charge is -2.25. The lowest BCUT2D eigenvalue weighted by molar-refractivity contribution is -0.117. The Kier molecular flexibility index (Phi) is 9.43. The number of ether oxygens (including phenoxy) is 1. The minimum absolute atomic E-state index is 0.0407. The van der Waals surface area contributed by atoms with Crippen LogP contribution in [0.3, 0.4) is 0 Å². The fourth-order valence-corrected chi connectivity index (χ4v) is 5.54. The number of carbonyl (C=O) groups excluding carboxylic acids is 1. The summed E-state index contributed by atoms with van der Waals surface area (Å²) in [5.41, 5.74) is 0. The van der Waals surface area contributed by atoms with Gasteiger partial charge >= 0.3 is 0 Å². The third-order valence-corrected chi connectivity index (χ3v) is 7.37. The van der Waals surface area contributed by atoms with Crippen molar-refractivity contribution in [3.05, 3.63) is 51.0 Å². The molecular formula is C21H28N2O2S3. The van der Waals surface area contributed by atoms with Crippen molar-refractivity contribution >= 4 is 40.3 Å². The van der Waals surface area contributed by atoms with Crippen molar-refractivity contribution in [2.24, 2.45) is 0 Å². The van der Waals surface area contributed by atoms with E-state index in [1.54, 1.807) is 40.6 Å². The van der Waals surface area contributed by atoms with Gasteiger partial charge in [0.2, 0.25) is 5.91 Å². The van der Waals surface area contributed by atoms with Gasteiger partial charge in [-0.1, -0.05) is 18.6 Å². The van der Waals surface area contributed by atoms with Gasteiger partial charge in [-0.2, -0.15) is 0 Å². The van der Waals surface area contributed by atoms with Gasteiger partial charge in [-0.05, 0) is 49.6 Å². The number of rotatable bonds is 11. The topological polar surface area (TPSA) is 41.6 Å². The Bertz CT molecular complexity index is 722. The number of hydrogen-bond donors (Lipinski definition) is 1. The first kappa shape index (κ1) is 21.4. The molecule has 0 spiro atoms. The SMILES string of the molecule is O=C(CSCc1cccs1)N/C=C\CCOc1csc(CN2CCCCC2)c1. The fraction of sp³-hybridized carbons (Fsp3) is 0.476. The fourth-order valence-electron chi connectivity index (χ4n) is 3.02. The number of hydrogen-bond acceptors (Lipinski definition) is 6. The first-order valence-electron chi connectivity index (χ1n) is 9.76. The van der Waals surface area contributed by atoms with Crippen LogP contribution < -0.4 is 10.1 Å². The molecule has 4 nitrogen and oxygen atoms in total. The highest BCUT2D eigenvalue weighted by Crippen LogP contribution is 2.24. The number of amides is 1. The molecule has 28 heavy (non-hydrogen) atoms. The van der Waals surface area contributed by atoms with Gasteiger partial charge in [0.1, 0.15) is 5.75 Å². The molecule has 0 saturated carbocycles. The van der Waals surface area contributed by atoms with Gasteiger partial charge in [-0.15, -0.1) is 34.4 Å². The van der Waals surface area contributed by atoms with Crippen LogP contribution in [0.4, 0.5) is 0 Å². The summed E-state index contributed by atoms with van der Waals surface area (Å²) < 4.78 is 5.81. The zero-order valence-electron chi connectivity index (χ0n) is 16.1. The molecule has 1 fully saturated rings. The molecule has 0 bridgehead atoms. The van der Waals surface area contributed by atoms with Crippen molar-refractivity contribution in [2.75, 3.05) is 25.4 Å². The van der Waals surface area contributed by atoms with E-state index in [1.807, 2.05) is 12.1 Å². The van der Waals surface area contributed by atoms with Gasteiger partial charge in [-0.25, -0.2) is 0 Å². The van der Waals surface area contributed by atoms with Gasteiger partial charge in [0.25, 0.3) is 0 Å². The zero-order chi connectivity index (χ0) is 19.4. The Morgan fingerprint density at radius 1 is 1.25 bits per heavy atom. The second-order valence-electron chi connectivity index (χ2n) is 6.76. The molecule has 1 aliphatic rings. The Hall–Kier alpha value is -1.28. The van der Waals surface area contributed by atoms with Gasteiger partial charge < -0.3 is 10.1 Å². The molecule has 3 heterocycles. The summed E-state index contributed by atoms with van der Waals surface area (Å²) in [6.45, 7) is 4.11. The van der Waals surface area contributed by atoms with Crippen LogP contribution in [-0.4, -0.2) is 36.3 Å². The van der Waals surface area contributed by atoms with Crippen molar-refractivity contribution < 1.29 is 9.53 Å². The Labute approximate surface area is 180 Å². The summed E-state index contributed by atoms with van der Waals surface area (Å²) in [4.78, 5) is 17.0. The normalized spacial score (nSPS) is 15.1. The highest BCUT2D eigenvalue weighted by atomic mass is 32.2. The Morgan fingerprint density at radius 3 is 2.96 bits per heavy atom. The molecule has 3 rings (SSSR count). The molecule has 152 valence electrons. The minimum atomic E-state index is 0.0407. The lowest BCUT2D eigenvalue weighted by atomic mass is 10.1. The number of thioether (sulfide) groups is 1. The van der Waals surface area contributed by atoms with E-state index in [0.29, 0.717) is 12.4 Å². The second-order valence-corrected chi connectivity index (χ2v) is 9.78. The van der Waals surface area contributed by atoms with E-state index in [1.165, 1.54) is 42.1 Å². The number of nitrogens with zero attached hydrogens (tertiary/aromatic N) is 1. The van der Waals surface area contributed by atoms with Crippen LogP contribution in [0, 0.1) is 0 Å². The molecule has 7 heteroatoms. The van der Waals surface area contributed by atoms with Crippen molar-refractivity contribution in [3.8, 4) is 5.75 Å². The summed E-state index contributed by atoms with van der Waals surface area (Å²) in [7, 11) is 0. The van der Waals surface area contributed by atoms with Gasteiger partial charge in [0.05, 0.1) is 12.4 Å². The number of piperidine rings is 1. The van der Waals surface area contributed by atoms with Crippen LogP contribution in [0.1, 0.15) is 35.4 Å². The lowest BCUT2D eigenvalue weighted by Crippen LogP contribution is -2.28. The molecule has 1 saturated heterocycles. The highest BCUT2D eigenvalue weighted by Gasteiger charge is 2.11. The van der Waals surface area contributed by atoms with Crippen molar-refractivity contribution in [1.82, 2.24) is 10.2 Å². The van der Waals surface area contributed by atoms with E-state index in [9.17, 15) is 4.79 Å². The maximum absolute atomic E-state index is 11.8. The van der Waals surface area contributed by atoms with Crippen molar-refractivity contribution in [2.45, 2.75) is 38.0 Å². The third kappa shape index (κ3) is 7.99. The molecule has 0 aliphatic carbocycles. The Balaban J connectivity index is 1.23. The van der Waals surface area contributed by atoms with Crippen LogP contribution in [0.5, 0.6) is 5.75 Å². The molecule has 0 atom stereocenters. The van der Waals surface area contributed by atoms with Gasteiger partial charge in [0.15, 0.2) is 0 Å². The summed E-state index contributed by atoms with van der Waals surface area (Å²) in [5.74, 6) is 2.37. The van der Waals surface area contributed by atoms with E-state index in [-0.39, 0.29) is 5.91 Å². The minimum Gasteiger partial charge on any atom is -0.492 e. The molecule has 2 aromatic rings. The number of carbonyl (C=O) groups is 1. The van der Waals surface area contributed by atoms with E-state index in [2.05, 4.69) is 33.1 Å². The average Bonchev–Trinajstić information content (AvgIpc) is 3.38. The molecule has 1 aliphatic heterocycles. The smallest absolute Gasteiger partial charge is 0.233 e. The predicted octanol–water partition coefficient (Wildman–Crippen LogP) is 5.13. The van der Waals surface area contributed by atoms with Crippen LogP contribution in [0.2, 0.25) is 0 Å². The van der Waals surface area contributed by atoms with Crippen LogP contribution in [0.25, 0.3) is 0 Å². The standard InChI is InChI=1S/C21H28N2O2S3/c24-21(17-26-16-19-7-6-12-27-19)22-8-2-5-11-25-18-13-20(28-15-18)14-23-9-3-1-4-10-23/h2,6-8,12-13,15H,1,3-5,9-11,14,16-17H2,(H,22,24)/b8-2-. The second kappa shape index (κ2) is 12.3. The van der Waals surface area contributed by atoms with E-state index in [4.69, 9.17) is 4.74 Å². The molecular weight excluding hydrogens is 408 g/mol. The molecule has 2 aromatic heterocycles. The quantitative estimate of drug-likeness (QED) is 0.496. The van der Waals surface area contributed by atoms with E-state index >= 15 is 0 Å². The largest absolute Gasteiger partial charge is 0.492 e.